The zero-order valence-electron chi connectivity index (χ0n) is 16.7. The van der Waals surface area contributed by atoms with Gasteiger partial charge in [-0.2, -0.15) is 0 Å². The SMILES string of the molecule is COc1cc2c(cc1S(N)(=O)=O)CCN(Cc1cccc(Oc3ccccc3)c1)C2. The summed E-state index contributed by atoms with van der Waals surface area (Å²) in [7, 11) is -2.37. The average molecular weight is 425 g/mol. The lowest BCUT2D eigenvalue weighted by Gasteiger charge is -2.29. The van der Waals surface area contributed by atoms with Gasteiger partial charge in [-0.05, 0) is 59.5 Å². The highest BCUT2D eigenvalue weighted by Crippen LogP contribution is 2.31. The number of rotatable bonds is 6. The second kappa shape index (κ2) is 8.47. The fraction of sp³-hybridized carbons (Fsp3) is 0.217. The van der Waals surface area contributed by atoms with Gasteiger partial charge in [0, 0.05) is 19.6 Å². The van der Waals surface area contributed by atoms with Crippen molar-refractivity contribution in [2.24, 2.45) is 5.14 Å². The lowest BCUT2D eigenvalue weighted by molar-refractivity contribution is 0.244. The summed E-state index contributed by atoms with van der Waals surface area (Å²) in [6, 6.07) is 21.2. The van der Waals surface area contributed by atoms with Gasteiger partial charge in [0.25, 0.3) is 0 Å². The largest absolute Gasteiger partial charge is 0.495 e. The van der Waals surface area contributed by atoms with E-state index in [2.05, 4.69) is 11.0 Å². The highest BCUT2D eigenvalue weighted by atomic mass is 32.2. The van der Waals surface area contributed by atoms with Crippen LogP contribution >= 0.6 is 0 Å². The summed E-state index contributed by atoms with van der Waals surface area (Å²) in [5.41, 5.74) is 3.21. The number of methoxy groups -OCH3 is 1. The Bertz CT molecular complexity index is 1150. The first-order valence-corrected chi connectivity index (χ1v) is 11.2. The fourth-order valence-electron chi connectivity index (χ4n) is 3.73. The number of sulfonamides is 1. The number of hydrogen-bond acceptors (Lipinski definition) is 5. The number of benzene rings is 3. The van der Waals surface area contributed by atoms with Gasteiger partial charge in [-0.1, -0.05) is 30.3 Å². The van der Waals surface area contributed by atoms with Gasteiger partial charge in [-0.3, -0.25) is 4.90 Å². The lowest BCUT2D eigenvalue weighted by atomic mass is 9.99. The molecule has 3 aromatic rings. The van der Waals surface area contributed by atoms with E-state index in [-0.39, 0.29) is 10.6 Å². The van der Waals surface area contributed by atoms with E-state index in [1.54, 1.807) is 12.1 Å². The van der Waals surface area contributed by atoms with Crippen LogP contribution in [0.3, 0.4) is 0 Å². The molecule has 0 spiro atoms. The van der Waals surface area contributed by atoms with Gasteiger partial charge in [-0.15, -0.1) is 0 Å². The average Bonchev–Trinajstić information content (AvgIpc) is 2.73. The van der Waals surface area contributed by atoms with Crippen molar-refractivity contribution in [2.75, 3.05) is 13.7 Å². The zero-order chi connectivity index (χ0) is 21.1. The monoisotopic (exact) mass is 424 g/mol. The van der Waals surface area contributed by atoms with Gasteiger partial charge >= 0.3 is 0 Å². The number of para-hydroxylation sites is 1. The Morgan fingerprint density at radius 3 is 2.47 bits per heavy atom. The molecule has 0 unspecified atom stereocenters. The molecule has 156 valence electrons. The first kappa shape index (κ1) is 20.4. The quantitative estimate of drug-likeness (QED) is 0.653. The van der Waals surface area contributed by atoms with Crippen molar-refractivity contribution in [3.63, 3.8) is 0 Å². The van der Waals surface area contributed by atoms with E-state index in [1.807, 2.05) is 48.5 Å². The van der Waals surface area contributed by atoms with Crippen molar-refractivity contribution >= 4 is 10.0 Å². The number of nitrogens with two attached hydrogens (primary N) is 1. The molecule has 7 heteroatoms. The zero-order valence-corrected chi connectivity index (χ0v) is 17.6. The van der Waals surface area contributed by atoms with Gasteiger partial charge in [0.1, 0.15) is 22.1 Å². The van der Waals surface area contributed by atoms with Crippen LogP contribution in [0.25, 0.3) is 0 Å². The maximum absolute atomic E-state index is 11.8. The van der Waals surface area contributed by atoms with Gasteiger partial charge < -0.3 is 9.47 Å². The Morgan fingerprint density at radius 2 is 1.73 bits per heavy atom. The second-order valence-electron chi connectivity index (χ2n) is 7.34. The number of nitrogens with zero attached hydrogens (tertiary/aromatic N) is 1. The van der Waals surface area contributed by atoms with Crippen LogP contribution in [0.1, 0.15) is 16.7 Å². The third kappa shape index (κ3) is 4.64. The Balaban J connectivity index is 1.50. The van der Waals surface area contributed by atoms with Crippen molar-refractivity contribution < 1.29 is 17.9 Å². The highest BCUT2D eigenvalue weighted by Gasteiger charge is 2.23. The van der Waals surface area contributed by atoms with E-state index < -0.39 is 10.0 Å². The molecule has 0 saturated carbocycles. The van der Waals surface area contributed by atoms with E-state index in [9.17, 15) is 8.42 Å². The molecule has 1 heterocycles. The predicted molar refractivity (Wildman–Crippen MR) is 115 cm³/mol. The first-order valence-electron chi connectivity index (χ1n) is 9.69. The van der Waals surface area contributed by atoms with Crippen LogP contribution in [0, 0.1) is 0 Å². The number of ether oxygens (including phenoxy) is 2. The minimum Gasteiger partial charge on any atom is -0.495 e. The molecule has 0 atom stereocenters. The number of primary sulfonamides is 1. The molecular weight excluding hydrogens is 400 g/mol. The van der Waals surface area contributed by atoms with E-state index >= 15 is 0 Å². The standard InChI is InChI=1S/C23H24N2O4S/c1-28-22-13-19-16-25(11-10-18(19)14-23(22)30(24,26)27)15-17-6-5-9-21(12-17)29-20-7-3-2-4-8-20/h2-9,12-14H,10-11,15-16H2,1H3,(H2,24,26,27). The molecule has 4 rings (SSSR count). The summed E-state index contributed by atoms with van der Waals surface area (Å²) in [5.74, 6) is 1.89. The molecular formula is C23H24N2O4S. The normalized spacial score (nSPS) is 14.2. The topological polar surface area (TPSA) is 81.9 Å². The van der Waals surface area contributed by atoms with Crippen molar-refractivity contribution in [3.8, 4) is 17.2 Å². The van der Waals surface area contributed by atoms with Crippen LogP contribution < -0.4 is 14.6 Å². The summed E-state index contributed by atoms with van der Waals surface area (Å²) in [4.78, 5) is 2.36. The number of fused-ring (bicyclic) bond motifs is 1. The third-order valence-corrected chi connectivity index (χ3v) is 6.10. The molecule has 3 aromatic carbocycles. The summed E-state index contributed by atoms with van der Waals surface area (Å²) in [6.07, 6.45) is 0.752. The molecule has 0 fully saturated rings. The summed E-state index contributed by atoms with van der Waals surface area (Å²) >= 11 is 0. The Hall–Kier alpha value is -2.87. The molecule has 1 aliphatic rings. The van der Waals surface area contributed by atoms with Crippen LogP contribution in [-0.2, 0) is 29.5 Å². The van der Waals surface area contributed by atoms with Crippen molar-refractivity contribution in [2.45, 2.75) is 24.4 Å². The Morgan fingerprint density at radius 1 is 0.967 bits per heavy atom. The second-order valence-corrected chi connectivity index (χ2v) is 8.87. The van der Waals surface area contributed by atoms with E-state index in [1.165, 1.54) is 7.11 Å². The van der Waals surface area contributed by atoms with Gasteiger partial charge in [-0.25, -0.2) is 13.6 Å². The molecule has 0 saturated heterocycles. The molecule has 0 bridgehead atoms. The first-order chi connectivity index (χ1) is 14.4. The Kier molecular flexibility index (Phi) is 5.76. The lowest BCUT2D eigenvalue weighted by Crippen LogP contribution is -2.30. The third-order valence-electron chi connectivity index (χ3n) is 5.17. The summed E-state index contributed by atoms with van der Waals surface area (Å²) < 4.78 is 34.9. The minimum atomic E-state index is -3.82. The van der Waals surface area contributed by atoms with E-state index in [4.69, 9.17) is 14.6 Å². The van der Waals surface area contributed by atoms with Gasteiger partial charge in [0.2, 0.25) is 10.0 Å². The van der Waals surface area contributed by atoms with E-state index in [0.29, 0.717) is 6.54 Å². The maximum Gasteiger partial charge on any atom is 0.241 e. The van der Waals surface area contributed by atoms with E-state index in [0.717, 1.165) is 47.7 Å². The fourth-order valence-corrected chi connectivity index (χ4v) is 4.46. The van der Waals surface area contributed by atoms with Crippen LogP contribution in [0.5, 0.6) is 17.2 Å². The maximum atomic E-state index is 11.8. The van der Waals surface area contributed by atoms with Gasteiger partial charge in [0.05, 0.1) is 7.11 Å². The molecule has 0 aromatic heterocycles. The minimum absolute atomic E-state index is 0.0444. The van der Waals surface area contributed by atoms with Crippen LogP contribution in [0.15, 0.2) is 71.6 Å². The predicted octanol–water partition coefficient (Wildman–Crippen LogP) is 3.69. The molecule has 2 N–H and O–H groups in total. The summed E-state index contributed by atoms with van der Waals surface area (Å²) in [5, 5.41) is 5.34. The van der Waals surface area contributed by atoms with Crippen LogP contribution in [0.4, 0.5) is 0 Å². The summed E-state index contributed by atoms with van der Waals surface area (Å²) in [6.45, 7) is 2.30. The molecule has 0 radical (unpaired) electrons. The van der Waals surface area contributed by atoms with Crippen LogP contribution in [-0.4, -0.2) is 27.0 Å². The van der Waals surface area contributed by atoms with Crippen molar-refractivity contribution in [1.82, 2.24) is 4.90 Å². The van der Waals surface area contributed by atoms with Crippen molar-refractivity contribution in [1.29, 1.82) is 0 Å². The molecule has 1 aliphatic heterocycles. The molecule has 0 amide bonds. The Labute approximate surface area is 176 Å². The highest BCUT2D eigenvalue weighted by molar-refractivity contribution is 7.89. The van der Waals surface area contributed by atoms with Crippen molar-refractivity contribution in [3.05, 3.63) is 83.4 Å². The van der Waals surface area contributed by atoms with Crippen LogP contribution in [0.2, 0.25) is 0 Å². The van der Waals surface area contributed by atoms with Gasteiger partial charge in [0.15, 0.2) is 0 Å². The smallest absolute Gasteiger partial charge is 0.241 e. The molecule has 6 nitrogen and oxygen atoms in total. The molecule has 30 heavy (non-hydrogen) atoms. The number of hydrogen-bond donors (Lipinski definition) is 1. The molecule has 0 aliphatic carbocycles.